The van der Waals surface area contributed by atoms with Crippen molar-refractivity contribution in [2.45, 2.75) is 5.60 Å². The molecule has 1 spiro atoms. The molecule has 0 aliphatic carbocycles. The number of anilines is 5. The van der Waals surface area contributed by atoms with Crippen molar-refractivity contribution in [2.24, 2.45) is 0 Å². The first kappa shape index (κ1) is 33.1. The minimum absolute atomic E-state index is 0.0427. The van der Waals surface area contributed by atoms with E-state index < -0.39 is 34.7 Å². The van der Waals surface area contributed by atoms with E-state index in [0.29, 0.717) is 43.5 Å². The number of rotatable bonds is 5. The second kappa shape index (κ2) is 12.3. The van der Waals surface area contributed by atoms with E-state index >= 15 is 0 Å². The number of esters is 1. The van der Waals surface area contributed by atoms with Crippen LogP contribution in [0.2, 0.25) is 0 Å². The van der Waals surface area contributed by atoms with Crippen molar-refractivity contribution in [3.05, 3.63) is 137 Å². The number of hydrogen-bond acceptors (Lipinski definition) is 11. The molecule has 2 aliphatic heterocycles. The zero-order chi connectivity index (χ0) is 37.2. The van der Waals surface area contributed by atoms with Gasteiger partial charge in [0.2, 0.25) is 11.9 Å². The Morgan fingerprint density at radius 3 is 2.13 bits per heavy atom. The molecule has 0 fully saturated rings. The maximum absolute atomic E-state index is 14.2. The SMILES string of the molecule is CN(C(=S)Nc1ccc2c(c1)C(=O)OC21c2ccc(O)cc2Oc2cc(O)ccc21)c1ccc(Nc2nc(N)n(C(=O)c3c(F)cccc3F)n2)cc1. The number of fused-ring (bicyclic) bond motifs is 6. The Balaban J connectivity index is 0.996. The summed E-state index contributed by atoms with van der Waals surface area (Å²) in [5.41, 5.74) is 7.17. The number of carbonyl (C=O) groups is 2. The highest BCUT2D eigenvalue weighted by Crippen LogP contribution is 2.57. The molecule has 6 aromatic rings. The topological polar surface area (TPSA) is 177 Å². The number of phenols is 2. The van der Waals surface area contributed by atoms with Crippen LogP contribution >= 0.6 is 12.2 Å². The van der Waals surface area contributed by atoms with Crippen LogP contribution in [0.4, 0.5) is 37.7 Å². The van der Waals surface area contributed by atoms with Crippen LogP contribution in [0.15, 0.2) is 97.1 Å². The summed E-state index contributed by atoms with van der Waals surface area (Å²) in [4.78, 5) is 31.9. The number of aromatic hydroxyl groups is 2. The van der Waals surface area contributed by atoms with Crippen LogP contribution in [-0.4, -0.2) is 49.0 Å². The number of thiocarbonyl (C=S) groups is 1. The van der Waals surface area contributed by atoms with Gasteiger partial charge in [-0.2, -0.15) is 9.67 Å². The number of nitrogens with one attached hydrogen (secondary N) is 2. The Morgan fingerprint density at radius 1 is 0.887 bits per heavy atom. The molecular formula is C37H25F2N7O6S. The lowest BCUT2D eigenvalue weighted by atomic mass is 9.77. The van der Waals surface area contributed by atoms with Gasteiger partial charge in [0.15, 0.2) is 10.7 Å². The number of phenolic OH excluding ortho intramolecular Hbond substituents is 2. The third-order valence-corrected chi connectivity index (χ3v) is 9.22. The number of aromatic nitrogens is 3. The van der Waals surface area contributed by atoms with Crippen molar-refractivity contribution in [2.75, 3.05) is 28.3 Å². The highest BCUT2D eigenvalue weighted by atomic mass is 32.1. The van der Waals surface area contributed by atoms with Gasteiger partial charge in [-0.15, -0.1) is 5.10 Å². The summed E-state index contributed by atoms with van der Waals surface area (Å²) in [6, 6.07) is 24.1. The van der Waals surface area contributed by atoms with Crippen LogP contribution in [0, 0.1) is 11.6 Å². The highest BCUT2D eigenvalue weighted by molar-refractivity contribution is 7.80. The van der Waals surface area contributed by atoms with Gasteiger partial charge in [-0.25, -0.2) is 13.6 Å². The van der Waals surface area contributed by atoms with Gasteiger partial charge < -0.3 is 41.0 Å². The molecule has 6 N–H and O–H groups in total. The van der Waals surface area contributed by atoms with Gasteiger partial charge >= 0.3 is 5.97 Å². The first-order valence-corrected chi connectivity index (χ1v) is 16.2. The Morgan fingerprint density at radius 2 is 1.49 bits per heavy atom. The second-order valence-electron chi connectivity index (χ2n) is 12.1. The molecule has 0 saturated heterocycles. The Bertz CT molecular complexity index is 2460. The monoisotopic (exact) mass is 733 g/mol. The molecule has 0 radical (unpaired) electrons. The molecule has 0 bridgehead atoms. The molecule has 0 unspecified atom stereocenters. The standard InChI is InChI=1S/C37H25F2N7O6S/c1-45(20-8-5-18(6-9-20)41-35-43-34(40)46(44-35)32(49)31-27(38)3-2-4-28(31)39)36(53)42-19-7-12-24-23(15-19)33(50)52-37(24)25-13-10-21(47)16-29(25)51-30-17-22(48)11-14-26(30)37/h2-17,47-48H,1H3,(H,42,53)(H3,40,41,43,44). The van der Waals surface area contributed by atoms with Crippen molar-refractivity contribution >= 4 is 58.2 Å². The maximum Gasteiger partial charge on any atom is 0.340 e. The summed E-state index contributed by atoms with van der Waals surface area (Å²) in [5.74, 6) is -3.80. The number of ether oxygens (including phenoxy) is 2. The maximum atomic E-state index is 14.2. The van der Waals surface area contributed by atoms with Gasteiger partial charge in [0.1, 0.15) is 40.2 Å². The van der Waals surface area contributed by atoms with Gasteiger partial charge in [-0.05, 0) is 85.0 Å². The molecule has 8 rings (SSSR count). The minimum atomic E-state index is -1.39. The normalized spacial score (nSPS) is 13.3. The van der Waals surface area contributed by atoms with Gasteiger partial charge in [0.05, 0.1) is 5.56 Å². The first-order valence-electron chi connectivity index (χ1n) is 15.8. The molecule has 0 saturated carbocycles. The van der Waals surface area contributed by atoms with E-state index in [1.54, 1.807) is 66.5 Å². The molecule has 0 amide bonds. The predicted octanol–water partition coefficient (Wildman–Crippen LogP) is 6.38. The van der Waals surface area contributed by atoms with Crippen LogP contribution in [-0.2, 0) is 10.3 Å². The average molecular weight is 734 g/mol. The fraction of sp³-hybridized carbons (Fsp3) is 0.0541. The fourth-order valence-electron chi connectivity index (χ4n) is 6.34. The van der Waals surface area contributed by atoms with E-state index in [-0.39, 0.29) is 40.5 Å². The number of benzene rings is 5. The number of nitrogens with zero attached hydrogens (tertiary/aromatic N) is 4. The molecule has 16 heteroatoms. The van der Waals surface area contributed by atoms with E-state index in [1.807, 2.05) is 0 Å². The van der Waals surface area contributed by atoms with E-state index in [0.717, 1.165) is 18.2 Å². The number of hydrogen-bond donors (Lipinski definition) is 5. The second-order valence-corrected chi connectivity index (χ2v) is 12.4. The van der Waals surface area contributed by atoms with E-state index in [9.17, 15) is 28.6 Å². The van der Waals surface area contributed by atoms with Crippen LogP contribution < -0.4 is 26.0 Å². The highest BCUT2D eigenvalue weighted by Gasteiger charge is 2.53. The fourth-order valence-corrected chi connectivity index (χ4v) is 6.56. The third-order valence-electron chi connectivity index (χ3n) is 8.84. The van der Waals surface area contributed by atoms with Crippen LogP contribution in [0.25, 0.3) is 0 Å². The lowest BCUT2D eigenvalue weighted by Gasteiger charge is -2.36. The Kier molecular flexibility index (Phi) is 7.69. The predicted molar refractivity (Wildman–Crippen MR) is 193 cm³/mol. The molecule has 53 heavy (non-hydrogen) atoms. The zero-order valence-electron chi connectivity index (χ0n) is 27.3. The molecule has 2 aliphatic rings. The largest absolute Gasteiger partial charge is 0.508 e. The first-order chi connectivity index (χ1) is 25.4. The quantitative estimate of drug-likeness (QED) is 0.0975. The van der Waals surface area contributed by atoms with Crippen LogP contribution in [0.1, 0.15) is 37.4 Å². The van der Waals surface area contributed by atoms with Crippen molar-refractivity contribution < 1.29 is 38.1 Å². The molecule has 0 atom stereocenters. The summed E-state index contributed by atoms with van der Waals surface area (Å²) in [6.45, 7) is 0. The third kappa shape index (κ3) is 5.48. The number of carbonyl (C=O) groups excluding carboxylic acids is 2. The van der Waals surface area contributed by atoms with Gasteiger partial charge in [0.25, 0.3) is 5.91 Å². The summed E-state index contributed by atoms with van der Waals surface area (Å²) in [5, 5.41) is 30.6. The van der Waals surface area contributed by atoms with E-state index in [1.165, 1.54) is 24.3 Å². The Hall–Kier alpha value is -7.07. The number of nitrogen functional groups attached to an aromatic ring is 1. The van der Waals surface area contributed by atoms with Gasteiger partial charge in [-0.3, -0.25) is 4.79 Å². The summed E-state index contributed by atoms with van der Waals surface area (Å²) in [7, 11) is 1.74. The van der Waals surface area contributed by atoms with Crippen LogP contribution in [0.5, 0.6) is 23.0 Å². The molecule has 13 nitrogen and oxygen atoms in total. The number of nitrogens with two attached hydrogens (primary N) is 1. The zero-order valence-corrected chi connectivity index (χ0v) is 28.1. The minimum Gasteiger partial charge on any atom is -0.508 e. The van der Waals surface area contributed by atoms with Gasteiger partial charge in [0, 0.05) is 52.9 Å². The summed E-state index contributed by atoms with van der Waals surface area (Å²) in [6.07, 6.45) is 0. The van der Waals surface area contributed by atoms with Crippen molar-refractivity contribution in [3.8, 4) is 23.0 Å². The van der Waals surface area contributed by atoms with Gasteiger partial charge in [-0.1, -0.05) is 12.1 Å². The lowest BCUT2D eigenvalue weighted by molar-refractivity contribution is 0.0224. The smallest absolute Gasteiger partial charge is 0.340 e. The number of halogens is 2. The molecular weight excluding hydrogens is 709 g/mol. The molecule has 5 aromatic carbocycles. The lowest BCUT2D eigenvalue weighted by Crippen LogP contribution is -2.33. The average Bonchev–Trinajstić information content (AvgIpc) is 3.63. The van der Waals surface area contributed by atoms with Crippen molar-refractivity contribution in [3.63, 3.8) is 0 Å². The molecule has 3 heterocycles. The van der Waals surface area contributed by atoms with E-state index in [2.05, 4.69) is 20.7 Å². The molecule has 264 valence electrons. The summed E-state index contributed by atoms with van der Waals surface area (Å²) < 4.78 is 41.1. The Labute approximate surface area is 303 Å². The summed E-state index contributed by atoms with van der Waals surface area (Å²) >= 11 is 5.68. The van der Waals surface area contributed by atoms with Crippen LogP contribution in [0.3, 0.4) is 0 Å². The van der Waals surface area contributed by atoms with E-state index in [4.69, 9.17) is 27.4 Å². The van der Waals surface area contributed by atoms with Crippen molar-refractivity contribution in [1.29, 1.82) is 0 Å². The van der Waals surface area contributed by atoms with Crippen molar-refractivity contribution in [1.82, 2.24) is 14.8 Å². The molecule has 1 aromatic heterocycles.